The van der Waals surface area contributed by atoms with E-state index in [1.54, 1.807) is 0 Å². The number of methoxy groups -OCH3 is 1. The molecule has 0 atom stereocenters. The molecule has 0 fully saturated rings. The summed E-state index contributed by atoms with van der Waals surface area (Å²) in [6, 6.07) is 16.8. The third-order valence-electron chi connectivity index (χ3n) is 5.19. The lowest BCUT2D eigenvalue weighted by atomic mass is 10.1. The van der Waals surface area contributed by atoms with Gasteiger partial charge in [-0.15, -0.1) is 0 Å². The van der Waals surface area contributed by atoms with Gasteiger partial charge in [-0.3, -0.25) is 4.79 Å². The third kappa shape index (κ3) is 5.96. The van der Waals surface area contributed by atoms with Gasteiger partial charge in [0, 0.05) is 28.4 Å². The molecule has 0 aliphatic carbocycles. The van der Waals surface area contributed by atoms with Crippen molar-refractivity contribution >= 4 is 33.5 Å². The first kappa shape index (κ1) is 22.6. The van der Waals surface area contributed by atoms with Crippen LogP contribution >= 0.6 is 27.5 Å². The Morgan fingerprint density at radius 2 is 1.77 bits per heavy atom. The SMILES string of the molecule is COC(C)=O.Clc1ccc(-c2c[n+](Cc3ccc(Br)cc3)c3n2CCCCC3)cc1. The zero-order valence-electron chi connectivity index (χ0n) is 17.4. The topological polar surface area (TPSA) is 35.1 Å². The highest BCUT2D eigenvalue weighted by Crippen LogP contribution is 2.25. The van der Waals surface area contributed by atoms with Crippen LogP contribution < -0.4 is 4.57 Å². The number of nitrogens with zero attached hydrogens (tertiary/aromatic N) is 2. The van der Waals surface area contributed by atoms with Crippen molar-refractivity contribution in [3.63, 3.8) is 0 Å². The number of carbonyl (C=O) groups excluding carboxylic acids is 1. The molecule has 0 spiro atoms. The average Bonchev–Trinajstić information content (AvgIpc) is 2.91. The van der Waals surface area contributed by atoms with Crippen LogP contribution in [-0.2, 0) is 29.0 Å². The second kappa shape index (κ2) is 10.8. The molecule has 0 amide bonds. The molecule has 0 unspecified atom stereocenters. The first-order valence-corrected chi connectivity index (χ1v) is 11.3. The number of imidazole rings is 1. The molecule has 4 rings (SSSR count). The summed E-state index contributed by atoms with van der Waals surface area (Å²) in [7, 11) is 1.35. The molecule has 0 N–H and O–H groups in total. The smallest absolute Gasteiger partial charge is 0.302 e. The monoisotopic (exact) mass is 489 g/mol. The molecule has 2 aromatic carbocycles. The standard InChI is InChI=1S/C21H21BrClN2.C3H6O2/c22-18-9-5-16(6-10-18)14-24-15-20(17-7-11-19(23)12-8-17)25-13-3-1-2-4-21(24)25;1-3(4)5-2/h5-12,15H,1-4,13-14H2;1-2H3/q+1;. The number of benzene rings is 2. The van der Waals surface area contributed by atoms with Gasteiger partial charge in [0.15, 0.2) is 5.69 Å². The summed E-state index contributed by atoms with van der Waals surface area (Å²) in [5.74, 6) is 1.19. The Hall–Kier alpha value is -2.11. The minimum absolute atomic E-state index is 0.245. The predicted molar refractivity (Wildman–Crippen MR) is 124 cm³/mol. The predicted octanol–water partition coefficient (Wildman–Crippen LogP) is 5.81. The van der Waals surface area contributed by atoms with Gasteiger partial charge in [-0.1, -0.05) is 39.7 Å². The molecule has 0 radical (unpaired) electrons. The van der Waals surface area contributed by atoms with Crippen LogP contribution in [0, 0.1) is 0 Å². The van der Waals surface area contributed by atoms with Crippen molar-refractivity contribution in [2.24, 2.45) is 0 Å². The Bertz CT molecular complexity index is 982. The van der Waals surface area contributed by atoms with E-state index in [0.717, 1.165) is 29.0 Å². The van der Waals surface area contributed by atoms with Gasteiger partial charge in [0.2, 0.25) is 0 Å². The lowest BCUT2D eigenvalue weighted by molar-refractivity contribution is -0.695. The van der Waals surface area contributed by atoms with Crippen LogP contribution in [-0.4, -0.2) is 17.6 Å². The Morgan fingerprint density at radius 3 is 2.40 bits per heavy atom. The first-order chi connectivity index (χ1) is 14.5. The van der Waals surface area contributed by atoms with Gasteiger partial charge >= 0.3 is 5.97 Å². The largest absolute Gasteiger partial charge is 0.469 e. The van der Waals surface area contributed by atoms with Crippen molar-refractivity contribution in [1.82, 2.24) is 4.57 Å². The minimum Gasteiger partial charge on any atom is -0.469 e. The second-order valence-electron chi connectivity index (χ2n) is 7.35. The maximum atomic E-state index is 9.59. The Labute approximate surface area is 191 Å². The highest BCUT2D eigenvalue weighted by atomic mass is 79.9. The van der Waals surface area contributed by atoms with Gasteiger partial charge in [0.25, 0.3) is 5.82 Å². The van der Waals surface area contributed by atoms with E-state index in [1.807, 2.05) is 12.1 Å². The quantitative estimate of drug-likeness (QED) is 0.343. The van der Waals surface area contributed by atoms with Crippen LogP contribution in [0.5, 0.6) is 0 Å². The van der Waals surface area contributed by atoms with Gasteiger partial charge in [-0.05, 0) is 61.2 Å². The molecule has 4 nitrogen and oxygen atoms in total. The van der Waals surface area contributed by atoms with Crippen molar-refractivity contribution in [3.8, 4) is 11.3 Å². The van der Waals surface area contributed by atoms with Gasteiger partial charge in [0.1, 0.15) is 12.7 Å². The molecule has 6 heteroatoms. The lowest BCUT2D eigenvalue weighted by Gasteiger charge is -2.03. The number of hydrogen-bond acceptors (Lipinski definition) is 2. The number of fused-ring (bicyclic) bond motifs is 1. The number of hydrogen-bond donors (Lipinski definition) is 0. The minimum atomic E-state index is -0.245. The fourth-order valence-electron chi connectivity index (χ4n) is 3.62. The molecular formula is C24H27BrClN2O2+. The number of aromatic nitrogens is 2. The lowest BCUT2D eigenvalue weighted by Crippen LogP contribution is -2.37. The summed E-state index contributed by atoms with van der Waals surface area (Å²) >= 11 is 9.60. The normalized spacial score (nSPS) is 12.9. The zero-order chi connectivity index (χ0) is 21.5. The van der Waals surface area contributed by atoms with E-state index < -0.39 is 0 Å². The molecule has 2 heterocycles. The number of carbonyl (C=O) groups is 1. The van der Waals surface area contributed by atoms with Crippen molar-refractivity contribution in [1.29, 1.82) is 0 Å². The molecule has 3 aromatic rings. The van der Waals surface area contributed by atoms with Crippen molar-refractivity contribution in [2.45, 2.75) is 45.7 Å². The summed E-state index contributed by atoms with van der Waals surface area (Å²) in [6.45, 7) is 3.37. The van der Waals surface area contributed by atoms with Crippen LogP contribution in [0.2, 0.25) is 5.02 Å². The Morgan fingerprint density at radius 1 is 1.10 bits per heavy atom. The Balaban J connectivity index is 0.000000461. The molecule has 0 saturated carbocycles. The number of ether oxygens (including phenoxy) is 1. The van der Waals surface area contributed by atoms with Gasteiger partial charge in [-0.25, -0.2) is 9.13 Å². The van der Waals surface area contributed by atoms with Crippen LogP contribution in [0.15, 0.2) is 59.2 Å². The summed E-state index contributed by atoms with van der Waals surface area (Å²) in [5.41, 5.74) is 3.86. The van der Waals surface area contributed by atoms with Crippen LogP contribution in [0.3, 0.4) is 0 Å². The maximum absolute atomic E-state index is 9.59. The van der Waals surface area contributed by atoms with E-state index in [0.29, 0.717) is 0 Å². The summed E-state index contributed by atoms with van der Waals surface area (Å²) < 4.78 is 10.2. The highest BCUT2D eigenvalue weighted by molar-refractivity contribution is 9.10. The summed E-state index contributed by atoms with van der Waals surface area (Å²) in [4.78, 5) is 9.59. The first-order valence-electron chi connectivity index (χ1n) is 10.1. The van der Waals surface area contributed by atoms with E-state index in [9.17, 15) is 4.79 Å². The fraction of sp³-hybridized carbons (Fsp3) is 0.333. The van der Waals surface area contributed by atoms with E-state index in [4.69, 9.17) is 11.6 Å². The third-order valence-corrected chi connectivity index (χ3v) is 5.97. The highest BCUT2D eigenvalue weighted by Gasteiger charge is 2.25. The second-order valence-corrected chi connectivity index (χ2v) is 8.70. The average molecular weight is 491 g/mol. The van der Waals surface area contributed by atoms with E-state index in [1.165, 1.54) is 55.9 Å². The zero-order valence-corrected chi connectivity index (χ0v) is 19.7. The van der Waals surface area contributed by atoms with Gasteiger partial charge in [0.05, 0.1) is 13.7 Å². The van der Waals surface area contributed by atoms with Crippen LogP contribution in [0.1, 0.15) is 37.6 Å². The number of rotatable bonds is 3. The summed E-state index contributed by atoms with van der Waals surface area (Å²) in [6.07, 6.45) is 7.28. The van der Waals surface area contributed by atoms with E-state index in [-0.39, 0.29) is 5.97 Å². The molecule has 1 aliphatic heterocycles. The molecule has 0 saturated heterocycles. The number of esters is 1. The van der Waals surface area contributed by atoms with Crippen LogP contribution in [0.25, 0.3) is 11.3 Å². The molecular weight excluding hydrogens is 464 g/mol. The van der Waals surface area contributed by atoms with E-state index in [2.05, 4.69) is 72.4 Å². The van der Waals surface area contributed by atoms with E-state index >= 15 is 0 Å². The molecule has 30 heavy (non-hydrogen) atoms. The van der Waals surface area contributed by atoms with Gasteiger partial charge < -0.3 is 4.74 Å². The Kier molecular flexibility index (Phi) is 8.11. The molecule has 1 aliphatic rings. The molecule has 1 aromatic heterocycles. The molecule has 0 bridgehead atoms. The van der Waals surface area contributed by atoms with Crippen molar-refractivity contribution < 1.29 is 14.1 Å². The van der Waals surface area contributed by atoms with Crippen molar-refractivity contribution in [3.05, 3.63) is 75.6 Å². The van der Waals surface area contributed by atoms with Crippen LogP contribution in [0.4, 0.5) is 0 Å². The summed E-state index contributed by atoms with van der Waals surface area (Å²) in [5, 5.41) is 0.786. The molecule has 158 valence electrons. The van der Waals surface area contributed by atoms with Crippen molar-refractivity contribution in [2.75, 3.05) is 7.11 Å². The van der Waals surface area contributed by atoms with Gasteiger partial charge in [-0.2, -0.15) is 0 Å². The maximum Gasteiger partial charge on any atom is 0.302 e. The fourth-order valence-corrected chi connectivity index (χ4v) is 4.01. The number of halogens is 2.